The maximum atomic E-state index is 4.51. The van der Waals surface area contributed by atoms with Gasteiger partial charge in [0.25, 0.3) is 0 Å². The van der Waals surface area contributed by atoms with E-state index >= 15 is 0 Å². The molecule has 5 heterocycles. The van der Waals surface area contributed by atoms with Gasteiger partial charge in [-0.25, -0.2) is 9.97 Å². The van der Waals surface area contributed by atoms with Crippen molar-refractivity contribution >= 4 is 17.5 Å². The first-order chi connectivity index (χ1) is 14.4. The molecule has 0 unspecified atom stereocenters. The van der Waals surface area contributed by atoms with Crippen LogP contribution in [0.25, 0.3) is 11.3 Å². The SMILES string of the molecule is c1cc(-c2ccc(N3CCN(c4cc(N5CCCC5)ncn4)CC3)nn2)ccn1. The Hall–Kier alpha value is -3.29. The minimum atomic E-state index is 0.866. The lowest BCUT2D eigenvalue weighted by Crippen LogP contribution is -2.47. The van der Waals surface area contributed by atoms with Crippen LogP contribution in [0.2, 0.25) is 0 Å². The molecule has 3 aromatic heterocycles. The van der Waals surface area contributed by atoms with Crippen LogP contribution in [0.15, 0.2) is 49.1 Å². The highest BCUT2D eigenvalue weighted by Crippen LogP contribution is 2.23. The number of hydrogen-bond donors (Lipinski definition) is 0. The molecule has 2 aliphatic rings. The average Bonchev–Trinajstić information content (AvgIpc) is 3.35. The second-order valence-corrected chi connectivity index (χ2v) is 7.42. The Kier molecular flexibility index (Phi) is 4.90. The van der Waals surface area contributed by atoms with Crippen LogP contribution in [-0.4, -0.2) is 64.4 Å². The van der Waals surface area contributed by atoms with Gasteiger partial charge >= 0.3 is 0 Å². The number of hydrogen-bond acceptors (Lipinski definition) is 8. The smallest absolute Gasteiger partial charge is 0.151 e. The maximum absolute atomic E-state index is 4.51. The summed E-state index contributed by atoms with van der Waals surface area (Å²) in [5.41, 5.74) is 1.90. The zero-order chi connectivity index (χ0) is 19.5. The number of piperazine rings is 1. The summed E-state index contributed by atoms with van der Waals surface area (Å²) in [7, 11) is 0. The lowest BCUT2D eigenvalue weighted by molar-refractivity contribution is 0.637. The Morgan fingerprint density at radius 2 is 1.24 bits per heavy atom. The molecule has 5 rings (SSSR count). The first-order valence-corrected chi connectivity index (χ1v) is 10.2. The molecule has 0 radical (unpaired) electrons. The molecule has 29 heavy (non-hydrogen) atoms. The molecule has 0 amide bonds. The number of rotatable bonds is 4. The van der Waals surface area contributed by atoms with E-state index in [0.717, 1.165) is 68.0 Å². The normalized spacial score (nSPS) is 17.0. The highest BCUT2D eigenvalue weighted by atomic mass is 15.3. The van der Waals surface area contributed by atoms with Crippen molar-refractivity contribution in [3.63, 3.8) is 0 Å². The van der Waals surface area contributed by atoms with Gasteiger partial charge in [-0.1, -0.05) is 0 Å². The fourth-order valence-corrected chi connectivity index (χ4v) is 3.96. The highest BCUT2D eigenvalue weighted by molar-refractivity contribution is 5.59. The Balaban J connectivity index is 1.23. The van der Waals surface area contributed by atoms with Crippen molar-refractivity contribution in [2.75, 3.05) is 54.0 Å². The minimum Gasteiger partial charge on any atom is -0.356 e. The molecule has 2 aliphatic heterocycles. The number of nitrogens with zero attached hydrogens (tertiary/aromatic N) is 8. The van der Waals surface area contributed by atoms with E-state index in [4.69, 9.17) is 0 Å². The standard InChI is InChI=1S/C21H24N8/c1-2-10-27(9-1)20-15-21(24-16-23-20)29-13-11-28(12-14-29)19-4-3-18(25-26-19)17-5-7-22-8-6-17/h3-8,15-16H,1-2,9-14H2. The second-order valence-electron chi connectivity index (χ2n) is 7.42. The van der Waals surface area contributed by atoms with Gasteiger partial charge in [0.1, 0.15) is 18.0 Å². The molecule has 8 heteroatoms. The molecule has 0 bridgehead atoms. The lowest BCUT2D eigenvalue weighted by Gasteiger charge is -2.36. The van der Waals surface area contributed by atoms with E-state index in [0.29, 0.717) is 0 Å². The van der Waals surface area contributed by atoms with Crippen LogP contribution in [0.4, 0.5) is 17.5 Å². The van der Waals surface area contributed by atoms with Crippen LogP contribution >= 0.6 is 0 Å². The van der Waals surface area contributed by atoms with E-state index < -0.39 is 0 Å². The summed E-state index contributed by atoms with van der Waals surface area (Å²) >= 11 is 0. The molecule has 0 saturated carbocycles. The predicted molar refractivity (Wildman–Crippen MR) is 113 cm³/mol. The summed E-state index contributed by atoms with van der Waals surface area (Å²) in [6.45, 7) is 5.80. The van der Waals surface area contributed by atoms with Gasteiger partial charge in [-0.15, -0.1) is 10.2 Å². The van der Waals surface area contributed by atoms with Crippen LogP contribution in [0.1, 0.15) is 12.8 Å². The van der Waals surface area contributed by atoms with Crippen LogP contribution in [0.3, 0.4) is 0 Å². The van der Waals surface area contributed by atoms with Gasteiger partial charge in [0.05, 0.1) is 5.69 Å². The van der Waals surface area contributed by atoms with E-state index in [1.54, 1.807) is 18.7 Å². The highest BCUT2D eigenvalue weighted by Gasteiger charge is 2.21. The van der Waals surface area contributed by atoms with Crippen molar-refractivity contribution in [2.45, 2.75) is 12.8 Å². The van der Waals surface area contributed by atoms with Gasteiger partial charge in [-0.2, -0.15) is 0 Å². The third-order valence-corrected chi connectivity index (χ3v) is 5.62. The zero-order valence-electron chi connectivity index (χ0n) is 16.4. The Morgan fingerprint density at radius 1 is 0.621 bits per heavy atom. The van der Waals surface area contributed by atoms with Gasteiger partial charge < -0.3 is 14.7 Å². The Labute approximate surface area is 170 Å². The van der Waals surface area contributed by atoms with E-state index in [-0.39, 0.29) is 0 Å². The summed E-state index contributed by atoms with van der Waals surface area (Å²) in [6, 6.07) is 10.1. The topological polar surface area (TPSA) is 74.2 Å². The fraction of sp³-hybridized carbons (Fsp3) is 0.381. The molecular formula is C21H24N8. The maximum Gasteiger partial charge on any atom is 0.151 e. The van der Waals surface area contributed by atoms with E-state index in [1.165, 1.54) is 12.8 Å². The molecule has 2 fully saturated rings. The zero-order valence-corrected chi connectivity index (χ0v) is 16.4. The quantitative estimate of drug-likeness (QED) is 0.674. The second kappa shape index (κ2) is 7.98. The van der Waals surface area contributed by atoms with Gasteiger partial charge in [-0.05, 0) is 37.1 Å². The third kappa shape index (κ3) is 3.83. The Bertz CT molecular complexity index is 932. The van der Waals surface area contributed by atoms with Gasteiger partial charge in [-0.3, -0.25) is 4.98 Å². The van der Waals surface area contributed by atoms with E-state index in [1.807, 2.05) is 18.2 Å². The molecule has 0 aromatic carbocycles. The van der Waals surface area contributed by atoms with Crippen molar-refractivity contribution < 1.29 is 0 Å². The van der Waals surface area contributed by atoms with E-state index in [2.05, 4.69) is 52.0 Å². The van der Waals surface area contributed by atoms with Gasteiger partial charge in [0, 0.05) is 63.3 Å². The first kappa shape index (κ1) is 17.8. The summed E-state index contributed by atoms with van der Waals surface area (Å²) in [5, 5.41) is 8.85. The van der Waals surface area contributed by atoms with Gasteiger partial charge in [0.2, 0.25) is 0 Å². The van der Waals surface area contributed by atoms with Crippen molar-refractivity contribution in [3.05, 3.63) is 49.1 Å². The minimum absolute atomic E-state index is 0.866. The molecule has 2 saturated heterocycles. The Morgan fingerprint density at radius 3 is 1.86 bits per heavy atom. The number of pyridine rings is 1. The van der Waals surface area contributed by atoms with Crippen LogP contribution in [0.5, 0.6) is 0 Å². The summed E-state index contributed by atoms with van der Waals surface area (Å²) in [6.07, 6.45) is 7.73. The van der Waals surface area contributed by atoms with Crippen LogP contribution < -0.4 is 14.7 Å². The molecule has 148 valence electrons. The van der Waals surface area contributed by atoms with Crippen molar-refractivity contribution in [3.8, 4) is 11.3 Å². The predicted octanol–water partition coefficient (Wildman–Crippen LogP) is 2.26. The van der Waals surface area contributed by atoms with Crippen LogP contribution in [-0.2, 0) is 0 Å². The summed E-state index contributed by atoms with van der Waals surface area (Å²) in [5.74, 6) is 2.98. The average molecular weight is 388 g/mol. The molecule has 0 atom stereocenters. The summed E-state index contributed by atoms with van der Waals surface area (Å²) in [4.78, 5) is 20.0. The van der Waals surface area contributed by atoms with Crippen LogP contribution in [0, 0.1) is 0 Å². The molecule has 0 N–H and O–H groups in total. The summed E-state index contributed by atoms with van der Waals surface area (Å²) < 4.78 is 0. The number of aromatic nitrogens is 5. The molecule has 8 nitrogen and oxygen atoms in total. The fourth-order valence-electron chi connectivity index (χ4n) is 3.96. The monoisotopic (exact) mass is 388 g/mol. The lowest BCUT2D eigenvalue weighted by atomic mass is 10.2. The molecule has 0 aliphatic carbocycles. The number of anilines is 3. The third-order valence-electron chi connectivity index (χ3n) is 5.62. The van der Waals surface area contributed by atoms with Crippen molar-refractivity contribution in [1.29, 1.82) is 0 Å². The van der Waals surface area contributed by atoms with Crippen molar-refractivity contribution in [2.24, 2.45) is 0 Å². The first-order valence-electron chi connectivity index (χ1n) is 10.2. The van der Waals surface area contributed by atoms with E-state index in [9.17, 15) is 0 Å². The molecule has 3 aromatic rings. The molecular weight excluding hydrogens is 364 g/mol. The van der Waals surface area contributed by atoms with Crippen molar-refractivity contribution in [1.82, 2.24) is 25.1 Å². The molecule has 0 spiro atoms. The largest absolute Gasteiger partial charge is 0.356 e. The van der Waals surface area contributed by atoms with Gasteiger partial charge in [0.15, 0.2) is 5.82 Å².